The van der Waals surface area contributed by atoms with Crippen LogP contribution < -0.4 is 9.47 Å². The lowest BCUT2D eigenvalue weighted by molar-refractivity contribution is -0.385. The van der Waals surface area contributed by atoms with Crippen LogP contribution >= 0.6 is 11.8 Å². The van der Waals surface area contributed by atoms with Crippen molar-refractivity contribution in [1.82, 2.24) is 9.88 Å². The van der Waals surface area contributed by atoms with E-state index in [0.717, 1.165) is 11.1 Å². The Bertz CT molecular complexity index is 1080. The Kier molecular flexibility index (Phi) is 6.50. The molecular weight excluding hydrogens is 430 g/mol. The summed E-state index contributed by atoms with van der Waals surface area (Å²) >= 11 is 0.707. The Labute approximate surface area is 179 Å². The Hall–Kier alpha value is -3.93. The van der Waals surface area contributed by atoms with Crippen LogP contribution in [0, 0.1) is 10.1 Å². The molecule has 0 bridgehead atoms. The minimum atomic E-state index is -0.702. The van der Waals surface area contributed by atoms with Gasteiger partial charge in [0, 0.05) is 12.1 Å². The van der Waals surface area contributed by atoms with Crippen LogP contribution in [0.2, 0.25) is 0 Å². The van der Waals surface area contributed by atoms with Gasteiger partial charge in [-0.25, -0.2) is 4.98 Å². The number of thioether (sulfide) groups is 1. The molecule has 160 valence electrons. The SMILES string of the molecule is COC(=O)CN1C(=O)S/C(=C/c2ccc(Oc3ccc([N+](=O)[O-])cn3)c(OC)c2)C1=O. The van der Waals surface area contributed by atoms with E-state index in [4.69, 9.17) is 9.47 Å². The maximum atomic E-state index is 12.4. The first-order chi connectivity index (χ1) is 14.8. The molecule has 3 rings (SSSR count). The van der Waals surface area contributed by atoms with Crippen LogP contribution in [0.5, 0.6) is 17.4 Å². The van der Waals surface area contributed by atoms with Gasteiger partial charge in [-0.1, -0.05) is 6.07 Å². The summed E-state index contributed by atoms with van der Waals surface area (Å²) in [5.41, 5.74) is 0.375. The van der Waals surface area contributed by atoms with E-state index >= 15 is 0 Å². The van der Waals surface area contributed by atoms with Crippen LogP contribution in [0.3, 0.4) is 0 Å². The van der Waals surface area contributed by atoms with Gasteiger partial charge in [0.1, 0.15) is 12.7 Å². The molecule has 2 amide bonds. The number of methoxy groups -OCH3 is 2. The molecule has 0 spiro atoms. The number of carbonyl (C=O) groups is 3. The zero-order valence-electron chi connectivity index (χ0n) is 16.3. The van der Waals surface area contributed by atoms with Crippen molar-refractivity contribution in [3.05, 3.63) is 57.1 Å². The first kappa shape index (κ1) is 21.8. The summed E-state index contributed by atoms with van der Waals surface area (Å²) in [4.78, 5) is 50.8. The average molecular weight is 445 g/mol. The third-order valence-electron chi connectivity index (χ3n) is 4.02. The fourth-order valence-corrected chi connectivity index (χ4v) is 3.33. The smallest absolute Gasteiger partial charge is 0.325 e. The number of amides is 2. The third-order valence-corrected chi connectivity index (χ3v) is 4.93. The number of ether oxygens (including phenoxy) is 3. The number of pyridine rings is 1. The van der Waals surface area contributed by atoms with Crippen molar-refractivity contribution in [3.63, 3.8) is 0 Å². The third kappa shape index (κ3) is 4.98. The number of hydrogen-bond acceptors (Lipinski definition) is 10. The van der Waals surface area contributed by atoms with E-state index in [1.807, 2.05) is 0 Å². The molecule has 2 heterocycles. The number of nitrogens with zero attached hydrogens (tertiary/aromatic N) is 3. The normalized spacial score (nSPS) is 14.6. The number of esters is 1. The van der Waals surface area contributed by atoms with E-state index in [9.17, 15) is 24.5 Å². The van der Waals surface area contributed by atoms with Crippen molar-refractivity contribution in [1.29, 1.82) is 0 Å². The molecule has 0 radical (unpaired) electrons. The van der Waals surface area contributed by atoms with Crippen molar-refractivity contribution in [2.24, 2.45) is 0 Å². The molecule has 0 unspecified atom stereocenters. The van der Waals surface area contributed by atoms with Gasteiger partial charge in [0.25, 0.3) is 16.8 Å². The van der Waals surface area contributed by atoms with Gasteiger partial charge in [-0.05, 0) is 35.5 Å². The van der Waals surface area contributed by atoms with E-state index < -0.39 is 28.6 Å². The molecule has 1 aliphatic rings. The van der Waals surface area contributed by atoms with E-state index in [1.165, 1.54) is 32.4 Å². The van der Waals surface area contributed by atoms with E-state index in [-0.39, 0.29) is 16.5 Å². The number of rotatable bonds is 7. The first-order valence-electron chi connectivity index (χ1n) is 8.61. The Morgan fingerprint density at radius 1 is 1.23 bits per heavy atom. The molecular formula is C19H15N3O8S. The first-order valence-corrected chi connectivity index (χ1v) is 9.42. The topological polar surface area (TPSA) is 138 Å². The minimum Gasteiger partial charge on any atom is -0.493 e. The minimum absolute atomic E-state index is 0.126. The van der Waals surface area contributed by atoms with Crippen molar-refractivity contribution in [3.8, 4) is 17.4 Å². The number of benzene rings is 1. The molecule has 2 aromatic rings. The number of aromatic nitrogens is 1. The standard InChI is InChI=1S/C19H15N3O8S/c1-28-14-7-11(8-15-18(24)21(19(25)31-15)10-17(23)29-2)3-5-13(14)30-16-6-4-12(9-20-16)22(26)27/h3-9H,10H2,1-2H3/b15-8+. The van der Waals surface area contributed by atoms with Crippen molar-refractivity contribution < 1.29 is 33.5 Å². The molecule has 0 N–H and O–H groups in total. The highest BCUT2D eigenvalue weighted by Crippen LogP contribution is 2.35. The predicted molar refractivity (Wildman–Crippen MR) is 109 cm³/mol. The summed E-state index contributed by atoms with van der Waals surface area (Å²) in [6.45, 7) is -0.461. The second-order valence-corrected chi connectivity index (χ2v) is 6.96. The van der Waals surface area contributed by atoms with Gasteiger partial charge in [0.15, 0.2) is 11.5 Å². The second kappa shape index (κ2) is 9.26. The van der Waals surface area contributed by atoms with E-state index in [0.29, 0.717) is 28.8 Å². The van der Waals surface area contributed by atoms with Crippen molar-refractivity contribution >= 4 is 40.6 Å². The molecule has 1 fully saturated rings. The average Bonchev–Trinajstić information content (AvgIpc) is 3.02. The van der Waals surface area contributed by atoms with Crippen LogP contribution in [0.15, 0.2) is 41.4 Å². The summed E-state index contributed by atoms with van der Waals surface area (Å²) in [6, 6.07) is 7.37. The van der Waals surface area contributed by atoms with Gasteiger partial charge in [0.2, 0.25) is 5.88 Å². The van der Waals surface area contributed by atoms with Crippen molar-refractivity contribution in [2.75, 3.05) is 20.8 Å². The molecule has 0 aliphatic carbocycles. The Morgan fingerprint density at radius 2 is 2.00 bits per heavy atom. The zero-order chi connectivity index (χ0) is 22.5. The van der Waals surface area contributed by atoms with E-state index in [1.54, 1.807) is 18.2 Å². The number of imide groups is 1. The molecule has 31 heavy (non-hydrogen) atoms. The lowest BCUT2D eigenvalue weighted by Gasteiger charge is -2.11. The summed E-state index contributed by atoms with van der Waals surface area (Å²) in [5.74, 6) is -0.579. The molecule has 0 saturated carbocycles. The highest BCUT2D eigenvalue weighted by molar-refractivity contribution is 8.18. The molecule has 0 atom stereocenters. The predicted octanol–water partition coefficient (Wildman–Crippen LogP) is 3.00. The fourth-order valence-electron chi connectivity index (χ4n) is 2.49. The molecule has 1 aliphatic heterocycles. The molecule has 1 saturated heterocycles. The highest BCUT2D eigenvalue weighted by Gasteiger charge is 2.36. The summed E-state index contributed by atoms with van der Waals surface area (Å²) < 4.78 is 15.4. The number of carbonyl (C=O) groups excluding carboxylic acids is 3. The summed E-state index contributed by atoms with van der Waals surface area (Å²) in [6.07, 6.45) is 2.55. The lowest BCUT2D eigenvalue weighted by Crippen LogP contribution is -2.34. The van der Waals surface area contributed by atoms with Gasteiger partial charge in [-0.3, -0.25) is 29.4 Å². The maximum Gasteiger partial charge on any atom is 0.325 e. The molecule has 11 nitrogen and oxygen atoms in total. The van der Waals surface area contributed by atoms with Crippen LogP contribution in [0.4, 0.5) is 10.5 Å². The van der Waals surface area contributed by atoms with Gasteiger partial charge >= 0.3 is 5.97 Å². The molecule has 12 heteroatoms. The summed E-state index contributed by atoms with van der Waals surface area (Å²) in [7, 11) is 2.58. The fraction of sp³-hybridized carbons (Fsp3) is 0.158. The van der Waals surface area contributed by atoms with Crippen molar-refractivity contribution in [2.45, 2.75) is 0 Å². The maximum absolute atomic E-state index is 12.4. The number of hydrogen-bond donors (Lipinski definition) is 0. The van der Waals surface area contributed by atoms with Gasteiger partial charge in [-0.2, -0.15) is 0 Å². The van der Waals surface area contributed by atoms with Crippen LogP contribution in [-0.2, 0) is 14.3 Å². The Morgan fingerprint density at radius 3 is 2.61 bits per heavy atom. The van der Waals surface area contributed by atoms with Crippen LogP contribution in [0.1, 0.15) is 5.56 Å². The molecule has 1 aromatic carbocycles. The van der Waals surface area contributed by atoms with E-state index in [2.05, 4.69) is 9.72 Å². The molecule has 1 aromatic heterocycles. The number of nitro groups is 1. The second-order valence-electron chi connectivity index (χ2n) is 5.97. The van der Waals surface area contributed by atoms with Crippen LogP contribution in [0.25, 0.3) is 6.08 Å². The van der Waals surface area contributed by atoms with Crippen LogP contribution in [-0.4, -0.2) is 52.7 Å². The van der Waals surface area contributed by atoms with Gasteiger partial charge in [0.05, 0.1) is 24.0 Å². The van der Waals surface area contributed by atoms with Gasteiger partial charge in [-0.15, -0.1) is 0 Å². The Balaban J connectivity index is 1.79. The monoisotopic (exact) mass is 445 g/mol. The zero-order valence-corrected chi connectivity index (χ0v) is 17.1. The lowest BCUT2D eigenvalue weighted by atomic mass is 10.2. The summed E-state index contributed by atoms with van der Waals surface area (Å²) in [5, 5.41) is 10.1. The highest BCUT2D eigenvalue weighted by atomic mass is 32.2. The van der Waals surface area contributed by atoms with Gasteiger partial charge < -0.3 is 14.2 Å². The quantitative estimate of drug-likeness (QED) is 0.270. The largest absolute Gasteiger partial charge is 0.493 e.